The van der Waals surface area contributed by atoms with Crippen LogP contribution in [0.1, 0.15) is 6.42 Å². The van der Waals surface area contributed by atoms with Crippen molar-refractivity contribution >= 4 is 15.9 Å². The first-order chi connectivity index (χ1) is 4.34. The van der Waals surface area contributed by atoms with Gasteiger partial charge in [-0.25, -0.2) is 0 Å². The normalized spacial score (nSPS) is 30.7. The van der Waals surface area contributed by atoms with E-state index in [4.69, 9.17) is 4.74 Å². The van der Waals surface area contributed by atoms with Crippen molar-refractivity contribution in [3.05, 3.63) is 0 Å². The highest BCUT2D eigenvalue weighted by Gasteiger charge is 2.22. The Labute approximate surface area is 63.3 Å². The quantitative estimate of drug-likeness (QED) is 0.659. The molecule has 0 aromatic heterocycles. The number of hydrogen-bond donors (Lipinski definition) is 1. The molecule has 0 amide bonds. The molecule has 0 spiro atoms. The van der Waals surface area contributed by atoms with Gasteiger partial charge in [-0.15, -0.1) is 0 Å². The molecule has 0 bridgehead atoms. The van der Waals surface area contributed by atoms with Gasteiger partial charge < -0.3 is 9.84 Å². The first kappa shape index (κ1) is 7.51. The fraction of sp³-hybridized carbons (Fsp3) is 1.00. The largest absolute Gasteiger partial charge is 0.392 e. The fourth-order valence-electron chi connectivity index (χ4n) is 0.982. The summed E-state index contributed by atoms with van der Waals surface area (Å²) in [6.45, 7) is 1.54. The summed E-state index contributed by atoms with van der Waals surface area (Å²) >= 11 is 3.22. The van der Waals surface area contributed by atoms with Gasteiger partial charge in [0.05, 0.1) is 12.7 Å². The molecule has 1 unspecified atom stereocenters. The Bertz CT molecular complexity index is 81.1. The summed E-state index contributed by atoms with van der Waals surface area (Å²) in [6, 6.07) is 0. The van der Waals surface area contributed by atoms with Crippen LogP contribution in [0.2, 0.25) is 0 Å². The van der Waals surface area contributed by atoms with E-state index in [0.717, 1.165) is 19.6 Å². The van der Waals surface area contributed by atoms with E-state index in [9.17, 15) is 5.11 Å². The Hall–Kier alpha value is 0.400. The fourth-order valence-corrected chi connectivity index (χ4v) is 1.51. The maximum atomic E-state index is 9.23. The predicted octanol–water partition coefficient (Wildman–Crippen LogP) is 0.779. The molecule has 0 aromatic carbocycles. The second kappa shape index (κ2) is 3.54. The molecule has 1 aliphatic rings. The zero-order chi connectivity index (χ0) is 6.69. The monoisotopic (exact) mass is 194 g/mol. The molecule has 54 valence electrons. The molecule has 1 heterocycles. The molecule has 1 fully saturated rings. The Balaban J connectivity index is 2.24. The highest BCUT2D eigenvalue weighted by molar-refractivity contribution is 9.09. The van der Waals surface area contributed by atoms with Gasteiger partial charge in [0.1, 0.15) is 0 Å². The van der Waals surface area contributed by atoms with Crippen molar-refractivity contribution in [2.75, 3.05) is 18.5 Å². The summed E-state index contributed by atoms with van der Waals surface area (Å²) < 4.78 is 5.10. The molecule has 2 nitrogen and oxygen atoms in total. The minimum absolute atomic E-state index is 0.215. The summed E-state index contributed by atoms with van der Waals surface area (Å²) in [7, 11) is 0. The van der Waals surface area contributed by atoms with Crippen molar-refractivity contribution in [1.82, 2.24) is 0 Å². The topological polar surface area (TPSA) is 29.5 Å². The molecule has 0 radical (unpaired) electrons. The van der Waals surface area contributed by atoms with E-state index < -0.39 is 0 Å². The first-order valence-electron chi connectivity index (χ1n) is 3.16. The van der Waals surface area contributed by atoms with Crippen LogP contribution in [0.15, 0.2) is 0 Å². The molecule has 0 aliphatic carbocycles. The maximum absolute atomic E-state index is 9.23. The van der Waals surface area contributed by atoms with Gasteiger partial charge in [0.25, 0.3) is 0 Å². The molecule has 1 rings (SSSR count). The molecule has 1 N–H and O–H groups in total. The summed E-state index contributed by atoms with van der Waals surface area (Å²) in [5, 5.41) is 9.90. The van der Waals surface area contributed by atoms with Crippen LogP contribution in [0.25, 0.3) is 0 Å². The Morgan fingerprint density at radius 3 is 3.00 bits per heavy atom. The Morgan fingerprint density at radius 2 is 2.56 bits per heavy atom. The molecule has 2 atom stereocenters. The smallest absolute Gasteiger partial charge is 0.0687 e. The average Bonchev–Trinajstić information content (AvgIpc) is 2.37. The Kier molecular flexibility index (Phi) is 2.95. The third-order valence-electron chi connectivity index (χ3n) is 1.67. The van der Waals surface area contributed by atoms with Gasteiger partial charge in [-0.1, -0.05) is 15.9 Å². The lowest BCUT2D eigenvalue weighted by molar-refractivity contribution is 0.110. The van der Waals surface area contributed by atoms with Gasteiger partial charge in [0.2, 0.25) is 0 Å². The molecule has 1 saturated heterocycles. The van der Waals surface area contributed by atoms with Crippen molar-refractivity contribution in [3.8, 4) is 0 Å². The third kappa shape index (κ3) is 1.92. The van der Waals surface area contributed by atoms with Gasteiger partial charge >= 0.3 is 0 Å². The van der Waals surface area contributed by atoms with Crippen LogP contribution >= 0.6 is 15.9 Å². The molecule has 0 saturated carbocycles. The van der Waals surface area contributed by atoms with Crippen LogP contribution in [0, 0.1) is 5.92 Å². The first-order valence-corrected chi connectivity index (χ1v) is 4.28. The zero-order valence-corrected chi connectivity index (χ0v) is 6.80. The lowest BCUT2D eigenvalue weighted by Crippen LogP contribution is -2.21. The van der Waals surface area contributed by atoms with E-state index in [2.05, 4.69) is 15.9 Å². The van der Waals surface area contributed by atoms with E-state index in [0.29, 0.717) is 11.2 Å². The Morgan fingerprint density at radius 1 is 1.78 bits per heavy atom. The van der Waals surface area contributed by atoms with Crippen molar-refractivity contribution in [2.24, 2.45) is 5.92 Å². The lowest BCUT2D eigenvalue weighted by atomic mass is 10.0. The van der Waals surface area contributed by atoms with E-state index in [1.165, 1.54) is 0 Å². The number of ether oxygens (including phenoxy) is 1. The molecule has 0 aromatic rings. The van der Waals surface area contributed by atoms with Gasteiger partial charge in [-0.3, -0.25) is 0 Å². The van der Waals surface area contributed by atoms with E-state index in [-0.39, 0.29) is 6.10 Å². The number of aliphatic hydroxyl groups is 1. The number of aliphatic hydroxyl groups excluding tert-OH is 1. The van der Waals surface area contributed by atoms with Crippen LogP contribution in [0.5, 0.6) is 0 Å². The summed E-state index contributed by atoms with van der Waals surface area (Å²) in [6.07, 6.45) is 0.791. The standard InChI is InChI=1S/C6H11BrO2/c7-3-6(8)5-1-2-9-4-5/h5-6,8H,1-4H2/t5?,6-/m0/s1. The maximum Gasteiger partial charge on any atom is 0.0687 e. The van der Waals surface area contributed by atoms with Crippen LogP contribution < -0.4 is 0 Å². The summed E-state index contributed by atoms with van der Waals surface area (Å²) in [4.78, 5) is 0. The van der Waals surface area contributed by atoms with Crippen molar-refractivity contribution in [3.63, 3.8) is 0 Å². The second-order valence-corrected chi connectivity index (χ2v) is 2.99. The van der Waals surface area contributed by atoms with E-state index >= 15 is 0 Å². The molecule has 1 aliphatic heterocycles. The minimum Gasteiger partial charge on any atom is -0.392 e. The van der Waals surface area contributed by atoms with Gasteiger partial charge in [0, 0.05) is 17.9 Å². The zero-order valence-electron chi connectivity index (χ0n) is 5.22. The van der Waals surface area contributed by atoms with Gasteiger partial charge in [-0.05, 0) is 6.42 Å². The number of rotatable bonds is 2. The molecular formula is C6H11BrO2. The number of alkyl halides is 1. The van der Waals surface area contributed by atoms with Gasteiger partial charge in [-0.2, -0.15) is 0 Å². The summed E-state index contributed by atoms with van der Waals surface area (Å²) in [5.74, 6) is 0.365. The van der Waals surface area contributed by atoms with Crippen molar-refractivity contribution in [2.45, 2.75) is 12.5 Å². The van der Waals surface area contributed by atoms with Crippen LogP contribution in [-0.2, 0) is 4.74 Å². The van der Waals surface area contributed by atoms with Crippen LogP contribution in [0.4, 0.5) is 0 Å². The third-order valence-corrected chi connectivity index (χ3v) is 2.33. The average molecular weight is 195 g/mol. The highest BCUT2D eigenvalue weighted by atomic mass is 79.9. The molecule has 9 heavy (non-hydrogen) atoms. The van der Waals surface area contributed by atoms with E-state index in [1.54, 1.807) is 0 Å². The molecular weight excluding hydrogens is 184 g/mol. The van der Waals surface area contributed by atoms with Gasteiger partial charge in [0.15, 0.2) is 0 Å². The number of halogens is 1. The summed E-state index contributed by atoms with van der Waals surface area (Å²) in [5.41, 5.74) is 0. The SMILES string of the molecule is O[C@@H](CBr)C1CCOC1. The van der Waals surface area contributed by atoms with Crippen LogP contribution in [0.3, 0.4) is 0 Å². The van der Waals surface area contributed by atoms with Crippen molar-refractivity contribution in [1.29, 1.82) is 0 Å². The van der Waals surface area contributed by atoms with E-state index in [1.807, 2.05) is 0 Å². The lowest BCUT2D eigenvalue weighted by Gasteiger charge is -2.11. The second-order valence-electron chi connectivity index (χ2n) is 2.35. The number of hydrogen-bond acceptors (Lipinski definition) is 2. The predicted molar refractivity (Wildman–Crippen MR) is 38.7 cm³/mol. The molecule has 3 heteroatoms. The highest BCUT2D eigenvalue weighted by Crippen LogP contribution is 2.17. The van der Waals surface area contributed by atoms with Crippen molar-refractivity contribution < 1.29 is 9.84 Å². The minimum atomic E-state index is -0.215. The van der Waals surface area contributed by atoms with Crippen LogP contribution in [-0.4, -0.2) is 29.8 Å².